The minimum atomic E-state index is -0.444. The van der Waals surface area contributed by atoms with Crippen molar-refractivity contribution in [1.82, 2.24) is 0 Å². The average molecular weight is 276 g/mol. The van der Waals surface area contributed by atoms with E-state index in [0.29, 0.717) is 16.3 Å². The van der Waals surface area contributed by atoms with Crippen LogP contribution in [0.2, 0.25) is 5.02 Å². The van der Waals surface area contributed by atoms with Gasteiger partial charge in [-0.3, -0.25) is 0 Å². The predicted molar refractivity (Wildman–Crippen MR) is 71.6 cm³/mol. The summed E-state index contributed by atoms with van der Waals surface area (Å²) in [4.78, 5) is 0. The molecule has 19 heavy (non-hydrogen) atoms. The van der Waals surface area contributed by atoms with Gasteiger partial charge in [-0.15, -0.1) is 0 Å². The second kappa shape index (κ2) is 5.73. The lowest BCUT2D eigenvalue weighted by Crippen LogP contribution is -1.98. The van der Waals surface area contributed by atoms with E-state index in [1.807, 2.05) is 19.1 Å². The molecular weight excluding hydrogens is 265 g/mol. The highest BCUT2D eigenvalue weighted by Crippen LogP contribution is 2.23. The molecule has 2 aromatic rings. The van der Waals surface area contributed by atoms with E-state index in [-0.39, 0.29) is 12.2 Å². The van der Waals surface area contributed by atoms with Crippen LogP contribution in [0, 0.1) is 24.1 Å². The van der Waals surface area contributed by atoms with E-state index in [4.69, 9.17) is 21.6 Å². The topological polar surface area (TPSA) is 33.0 Å². The molecule has 2 aromatic carbocycles. The van der Waals surface area contributed by atoms with Crippen molar-refractivity contribution in [2.75, 3.05) is 0 Å². The Hall–Kier alpha value is -2.05. The fourth-order valence-electron chi connectivity index (χ4n) is 1.69. The first-order valence-electron chi connectivity index (χ1n) is 5.67. The standard InChI is InChI=1S/C15H11ClFNO/c1-10-2-3-13(16)7-15(10)19-9-12-4-11(8-18)5-14(17)6-12/h2-7H,9H2,1H3. The number of aryl methyl sites for hydroxylation is 1. The van der Waals surface area contributed by atoms with E-state index in [0.717, 1.165) is 5.56 Å². The van der Waals surface area contributed by atoms with E-state index in [1.54, 1.807) is 18.2 Å². The summed E-state index contributed by atoms with van der Waals surface area (Å²) in [5.41, 5.74) is 1.83. The second-order valence-electron chi connectivity index (χ2n) is 4.16. The number of rotatable bonds is 3. The fourth-order valence-corrected chi connectivity index (χ4v) is 1.85. The molecule has 0 N–H and O–H groups in total. The lowest BCUT2D eigenvalue weighted by Gasteiger charge is -2.10. The Morgan fingerprint density at radius 1 is 1.26 bits per heavy atom. The summed E-state index contributed by atoms with van der Waals surface area (Å²) in [6, 6.07) is 11.4. The Labute approximate surface area is 116 Å². The molecule has 0 aromatic heterocycles. The van der Waals surface area contributed by atoms with Crippen molar-refractivity contribution in [3.05, 3.63) is 63.9 Å². The molecule has 0 atom stereocenters. The van der Waals surface area contributed by atoms with Crippen LogP contribution >= 0.6 is 11.6 Å². The van der Waals surface area contributed by atoms with Crippen LogP contribution in [-0.4, -0.2) is 0 Å². The molecule has 0 radical (unpaired) electrons. The van der Waals surface area contributed by atoms with Crippen molar-refractivity contribution >= 4 is 11.6 Å². The van der Waals surface area contributed by atoms with Crippen LogP contribution < -0.4 is 4.74 Å². The van der Waals surface area contributed by atoms with Crippen LogP contribution in [0.4, 0.5) is 4.39 Å². The normalized spacial score (nSPS) is 10.0. The number of hydrogen-bond donors (Lipinski definition) is 0. The highest BCUT2D eigenvalue weighted by Gasteiger charge is 2.04. The Balaban J connectivity index is 2.17. The summed E-state index contributed by atoms with van der Waals surface area (Å²) in [7, 11) is 0. The molecule has 4 heteroatoms. The zero-order valence-corrected chi connectivity index (χ0v) is 11.0. The SMILES string of the molecule is Cc1ccc(Cl)cc1OCc1cc(F)cc(C#N)c1. The monoisotopic (exact) mass is 275 g/mol. The molecule has 0 spiro atoms. The molecule has 0 aliphatic rings. The van der Waals surface area contributed by atoms with E-state index in [9.17, 15) is 4.39 Å². The highest BCUT2D eigenvalue weighted by atomic mass is 35.5. The van der Waals surface area contributed by atoms with E-state index >= 15 is 0 Å². The van der Waals surface area contributed by atoms with Crippen molar-refractivity contribution in [3.63, 3.8) is 0 Å². The third-order valence-corrected chi connectivity index (χ3v) is 2.87. The lowest BCUT2D eigenvalue weighted by molar-refractivity contribution is 0.303. The van der Waals surface area contributed by atoms with E-state index < -0.39 is 5.82 Å². The van der Waals surface area contributed by atoms with Crippen LogP contribution in [-0.2, 0) is 6.61 Å². The van der Waals surface area contributed by atoms with Crippen molar-refractivity contribution in [2.45, 2.75) is 13.5 Å². The third kappa shape index (κ3) is 3.46. The zero-order valence-electron chi connectivity index (χ0n) is 10.3. The first-order chi connectivity index (χ1) is 9.08. The van der Waals surface area contributed by atoms with Gasteiger partial charge in [0.25, 0.3) is 0 Å². The number of ether oxygens (including phenoxy) is 1. The Bertz CT molecular complexity index is 649. The van der Waals surface area contributed by atoms with Gasteiger partial charge in [-0.05, 0) is 48.4 Å². The van der Waals surface area contributed by atoms with Crippen LogP contribution in [0.25, 0.3) is 0 Å². The van der Waals surface area contributed by atoms with Crippen LogP contribution in [0.3, 0.4) is 0 Å². The average Bonchev–Trinajstić information content (AvgIpc) is 2.39. The van der Waals surface area contributed by atoms with Gasteiger partial charge in [-0.2, -0.15) is 5.26 Å². The van der Waals surface area contributed by atoms with E-state index in [1.165, 1.54) is 12.1 Å². The minimum absolute atomic E-state index is 0.188. The summed E-state index contributed by atoms with van der Waals surface area (Å²) in [5.74, 6) is 0.204. The maximum Gasteiger partial charge on any atom is 0.124 e. The summed E-state index contributed by atoms with van der Waals surface area (Å²) in [5, 5.41) is 9.36. The maximum atomic E-state index is 13.3. The Morgan fingerprint density at radius 2 is 2.05 bits per heavy atom. The van der Waals surface area contributed by atoms with Crippen LogP contribution in [0.15, 0.2) is 36.4 Å². The second-order valence-corrected chi connectivity index (χ2v) is 4.59. The van der Waals surface area contributed by atoms with Gasteiger partial charge in [0.1, 0.15) is 18.2 Å². The molecule has 0 saturated carbocycles. The quantitative estimate of drug-likeness (QED) is 0.839. The van der Waals surface area contributed by atoms with Crippen molar-refractivity contribution in [1.29, 1.82) is 5.26 Å². The molecule has 2 rings (SSSR count). The Morgan fingerprint density at radius 3 is 2.79 bits per heavy atom. The number of halogens is 2. The molecule has 0 amide bonds. The molecule has 96 valence electrons. The minimum Gasteiger partial charge on any atom is -0.489 e. The van der Waals surface area contributed by atoms with Crippen molar-refractivity contribution in [2.24, 2.45) is 0 Å². The molecule has 0 heterocycles. The first-order valence-corrected chi connectivity index (χ1v) is 6.05. The van der Waals surface area contributed by atoms with Gasteiger partial charge >= 0.3 is 0 Å². The van der Waals surface area contributed by atoms with Gasteiger partial charge < -0.3 is 4.74 Å². The molecular formula is C15H11ClFNO. The van der Waals surface area contributed by atoms with Gasteiger partial charge in [-0.1, -0.05) is 17.7 Å². The highest BCUT2D eigenvalue weighted by molar-refractivity contribution is 6.30. The van der Waals surface area contributed by atoms with Gasteiger partial charge in [0.05, 0.1) is 11.6 Å². The number of nitriles is 1. The zero-order chi connectivity index (χ0) is 13.8. The molecule has 2 nitrogen and oxygen atoms in total. The number of hydrogen-bond acceptors (Lipinski definition) is 2. The Kier molecular flexibility index (Phi) is 4.03. The smallest absolute Gasteiger partial charge is 0.124 e. The molecule has 0 aliphatic carbocycles. The van der Waals surface area contributed by atoms with E-state index in [2.05, 4.69) is 0 Å². The first kappa shape index (κ1) is 13.4. The van der Waals surface area contributed by atoms with Crippen molar-refractivity contribution in [3.8, 4) is 11.8 Å². The summed E-state index contributed by atoms with van der Waals surface area (Å²) in [6.45, 7) is 2.09. The lowest BCUT2D eigenvalue weighted by atomic mass is 10.1. The molecule has 0 unspecified atom stereocenters. The van der Waals surface area contributed by atoms with Gasteiger partial charge in [0.15, 0.2) is 0 Å². The molecule has 0 saturated heterocycles. The number of benzene rings is 2. The predicted octanol–water partition coefficient (Wildman–Crippen LogP) is 4.24. The number of nitrogens with zero attached hydrogens (tertiary/aromatic N) is 1. The van der Waals surface area contributed by atoms with Crippen LogP contribution in [0.1, 0.15) is 16.7 Å². The van der Waals surface area contributed by atoms with Gasteiger partial charge in [-0.25, -0.2) is 4.39 Å². The largest absolute Gasteiger partial charge is 0.489 e. The maximum absolute atomic E-state index is 13.3. The third-order valence-electron chi connectivity index (χ3n) is 2.63. The molecule has 0 aliphatic heterocycles. The van der Waals surface area contributed by atoms with Crippen molar-refractivity contribution < 1.29 is 9.13 Å². The van der Waals surface area contributed by atoms with Crippen LogP contribution in [0.5, 0.6) is 5.75 Å². The van der Waals surface area contributed by atoms with Gasteiger partial charge in [0, 0.05) is 5.02 Å². The molecule has 0 fully saturated rings. The summed E-state index contributed by atoms with van der Waals surface area (Å²) < 4.78 is 18.9. The summed E-state index contributed by atoms with van der Waals surface area (Å²) >= 11 is 5.89. The summed E-state index contributed by atoms with van der Waals surface area (Å²) in [6.07, 6.45) is 0. The van der Waals surface area contributed by atoms with Gasteiger partial charge in [0.2, 0.25) is 0 Å². The fraction of sp³-hybridized carbons (Fsp3) is 0.133. The molecule has 0 bridgehead atoms.